The molecule has 1 aliphatic carbocycles. The van der Waals surface area contributed by atoms with E-state index >= 15 is 0 Å². The van der Waals surface area contributed by atoms with Crippen LogP contribution in [0.1, 0.15) is 51.4 Å². The average molecular weight is 239 g/mol. The number of Topliss-reactive ketones (excluding diaryl/α,β-unsaturated/α-hetero) is 1. The van der Waals surface area contributed by atoms with Crippen LogP contribution in [-0.4, -0.2) is 41.5 Å². The number of piperidine rings is 1. The van der Waals surface area contributed by atoms with Gasteiger partial charge in [-0.15, -0.1) is 0 Å². The summed E-state index contributed by atoms with van der Waals surface area (Å²) in [6, 6.07) is 0.444. The summed E-state index contributed by atoms with van der Waals surface area (Å²) in [6.07, 6.45) is 9.12. The number of carbonyl (C=O) groups is 1. The molecule has 1 heterocycles. The van der Waals surface area contributed by atoms with Crippen molar-refractivity contribution in [2.75, 3.05) is 19.7 Å². The summed E-state index contributed by atoms with van der Waals surface area (Å²) in [4.78, 5) is 14.5. The quantitative estimate of drug-likeness (QED) is 0.797. The topological polar surface area (TPSA) is 40.5 Å². The first-order valence-electron chi connectivity index (χ1n) is 7.19. The third kappa shape index (κ3) is 3.52. The number of ketones is 1. The van der Waals surface area contributed by atoms with E-state index in [9.17, 15) is 4.79 Å². The molecule has 17 heavy (non-hydrogen) atoms. The van der Waals surface area contributed by atoms with Gasteiger partial charge in [0.05, 0.1) is 6.54 Å². The molecular weight excluding hydrogens is 214 g/mol. The number of aliphatic hydroxyl groups is 1. The lowest BCUT2D eigenvalue weighted by Crippen LogP contribution is -2.44. The van der Waals surface area contributed by atoms with Gasteiger partial charge in [0.2, 0.25) is 0 Å². The number of carbonyl (C=O) groups excluding carboxylic acids is 1. The highest BCUT2D eigenvalue weighted by atomic mass is 16.3. The Kier molecular flexibility index (Phi) is 4.99. The summed E-state index contributed by atoms with van der Waals surface area (Å²) in [7, 11) is 0. The second-order valence-corrected chi connectivity index (χ2v) is 5.58. The standard InChI is InChI=1S/C14H25NO2/c16-10-8-13-7-3-4-9-15(13)11-14(17)12-5-1-2-6-12/h12-13,16H,1-11H2. The van der Waals surface area contributed by atoms with Crippen molar-refractivity contribution in [1.82, 2.24) is 4.90 Å². The van der Waals surface area contributed by atoms with Gasteiger partial charge in [-0.2, -0.15) is 0 Å². The van der Waals surface area contributed by atoms with Crippen molar-refractivity contribution in [3.05, 3.63) is 0 Å². The zero-order valence-corrected chi connectivity index (χ0v) is 10.7. The van der Waals surface area contributed by atoms with Crippen LogP contribution in [0.15, 0.2) is 0 Å². The Morgan fingerprint density at radius 1 is 1.12 bits per heavy atom. The van der Waals surface area contributed by atoms with Crippen molar-refractivity contribution >= 4 is 5.78 Å². The van der Waals surface area contributed by atoms with E-state index in [0.717, 1.165) is 32.2 Å². The summed E-state index contributed by atoms with van der Waals surface area (Å²) in [6.45, 7) is 1.93. The summed E-state index contributed by atoms with van der Waals surface area (Å²) >= 11 is 0. The maximum Gasteiger partial charge on any atom is 0.149 e. The number of hydrogen-bond acceptors (Lipinski definition) is 3. The van der Waals surface area contributed by atoms with Crippen LogP contribution < -0.4 is 0 Å². The molecule has 3 heteroatoms. The molecule has 1 saturated heterocycles. The van der Waals surface area contributed by atoms with Gasteiger partial charge in [0.1, 0.15) is 5.78 Å². The maximum absolute atomic E-state index is 12.2. The lowest BCUT2D eigenvalue weighted by atomic mass is 9.96. The maximum atomic E-state index is 12.2. The number of rotatable bonds is 5. The molecule has 2 fully saturated rings. The van der Waals surface area contributed by atoms with E-state index in [1.807, 2.05) is 0 Å². The Hall–Kier alpha value is -0.410. The summed E-state index contributed by atoms with van der Waals surface area (Å²) in [5.41, 5.74) is 0. The van der Waals surface area contributed by atoms with Gasteiger partial charge in [-0.25, -0.2) is 0 Å². The smallest absolute Gasteiger partial charge is 0.149 e. The van der Waals surface area contributed by atoms with Gasteiger partial charge in [0.25, 0.3) is 0 Å². The molecule has 0 amide bonds. The van der Waals surface area contributed by atoms with E-state index in [0.29, 0.717) is 24.3 Å². The average Bonchev–Trinajstić information content (AvgIpc) is 2.85. The lowest BCUT2D eigenvalue weighted by molar-refractivity contribution is -0.124. The van der Waals surface area contributed by atoms with E-state index in [-0.39, 0.29) is 6.61 Å². The number of nitrogens with zero attached hydrogens (tertiary/aromatic N) is 1. The van der Waals surface area contributed by atoms with E-state index in [1.165, 1.54) is 25.7 Å². The summed E-state index contributed by atoms with van der Waals surface area (Å²) in [5.74, 6) is 0.791. The van der Waals surface area contributed by atoms with Gasteiger partial charge in [0.15, 0.2) is 0 Å². The Labute approximate surface area is 104 Å². The molecule has 1 aliphatic heterocycles. The van der Waals surface area contributed by atoms with E-state index < -0.39 is 0 Å². The minimum atomic E-state index is 0.249. The lowest BCUT2D eigenvalue weighted by Gasteiger charge is -2.35. The van der Waals surface area contributed by atoms with Gasteiger partial charge < -0.3 is 5.11 Å². The van der Waals surface area contributed by atoms with E-state index in [1.54, 1.807) is 0 Å². The van der Waals surface area contributed by atoms with Crippen LogP contribution in [0.4, 0.5) is 0 Å². The second kappa shape index (κ2) is 6.50. The molecule has 1 N–H and O–H groups in total. The SMILES string of the molecule is O=C(CN1CCCCC1CCO)C1CCCC1. The Morgan fingerprint density at radius 2 is 1.82 bits per heavy atom. The highest BCUT2D eigenvalue weighted by molar-refractivity contribution is 5.83. The molecule has 2 aliphatic rings. The van der Waals surface area contributed by atoms with Crippen LogP contribution >= 0.6 is 0 Å². The molecule has 0 aromatic heterocycles. The molecule has 1 unspecified atom stereocenters. The molecule has 0 radical (unpaired) electrons. The molecule has 0 aromatic carbocycles. The third-order valence-corrected chi connectivity index (χ3v) is 4.38. The Balaban J connectivity index is 1.84. The van der Waals surface area contributed by atoms with Crippen molar-refractivity contribution in [2.45, 2.75) is 57.4 Å². The Morgan fingerprint density at radius 3 is 2.53 bits per heavy atom. The molecule has 3 nitrogen and oxygen atoms in total. The number of likely N-dealkylation sites (tertiary alicyclic amines) is 1. The zero-order chi connectivity index (χ0) is 12.1. The first-order chi connectivity index (χ1) is 8.31. The molecule has 0 bridgehead atoms. The zero-order valence-electron chi connectivity index (χ0n) is 10.7. The molecule has 1 saturated carbocycles. The van der Waals surface area contributed by atoms with Crippen LogP contribution in [0.25, 0.3) is 0 Å². The fourth-order valence-electron chi connectivity index (χ4n) is 3.32. The van der Waals surface area contributed by atoms with Gasteiger partial charge in [-0.3, -0.25) is 9.69 Å². The predicted octanol–water partition coefficient (Wildman–Crippen LogP) is 1.98. The first-order valence-corrected chi connectivity index (χ1v) is 7.19. The predicted molar refractivity (Wildman–Crippen MR) is 67.9 cm³/mol. The monoisotopic (exact) mass is 239 g/mol. The normalized spacial score (nSPS) is 27.5. The minimum Gasteiger partial charge on any atom is -0.396 e. The molecular formula is C14H25NO2. The van der Waals surface area contributed by atoms with Crippen LogP contribution in [-0.2, 0) is 4.79 Å². The van der Waals surface area contributed by atoms with E-state index in [2.05, 4.69) is 4.90 Å². The largest absolute Gasteiger partial charge is 0.396 e. The van der Waals surface area contributed by atoms with Crippen molar-refractivity contribution in [3.63, 3.8) is 0 Å². The fourth-order valence-corrected chi connectivity index (χ4v) is 3.32. The van der Waals surface area contributed by atoms with Gasteiger partial charge in [0, 0.05) is 18.6 Å². The molecule has 98 valence electrons. The van der Waals surface area contributed by atoms with Gasteiger partial charge in [-0.1, -0.05) is 19.3 Å². The summed E-state index contributed by atoms with van der Waals surface area (Å²) < 4.78 is 0. The van der Waals surface area contributed by atoms with Crippen molar-refractivity contribution in [3.8, 4) is 0 Å². The second-order valence-electron chi connectivity index (χ2n) is 5.58. The van der Waals surface area contributed by atoms with E-state index in [4.69, 9.17) is 5.11 Å². The van der Waals surface area contributed by atoms with Crippen molar-refractivity contribution < 1.29 is 9.90 Å². The fraction of sp³-hybridized carbons (Fsp3) is 0.929. The van der Waals surface area contributed by atoms with Crippen LogP contribution in [0.2, 0.25) is 0 Å². The van der Waals surface area contributed by atoms with Crippen molar-refractivity contribution in [2.24, 2.45) is 5.92 Å². The third-order valence-electron chi connectivity index (χ3n) is 4.38. The highest BCUT2D eigenvalue weighted by Gasteiger charge is 2.28. The molecule has 1 atom stereocenters. The van der Waals surface area contributed by atoms with Crippen LogP contribution in [0, 0.1) is 5.92 Å². The van der Waals surface area contributed by atoms with Crippen molar-refractivity contribution in [1.29, 1.82) is 0 Å². The van der Waals surface area contributed by atoms with Crippen LogP contribution in [0.5, 0.6) is 0 Å². The number of hydrogen-bond donors (Lipinski definition) is 1. The first kappa shape index (κ1) is 13.0. The molecule has 2 rings (SSSR count). The Bertz CT molecular complexity index is 247. The van der Waals surface area contributed by atoms with Gasteiger partial charge >= 0.3 is 0 Å². The van der Waals surface area contributed by atoms with Crippen LogP contribution in [0.3, 0.4) is 0 Å². The van der Waals surface area contributed by atoms with Gasteiger partial charge in [-0.05, 0) is 38.6 Å². The molecule has 0 aromatic rings. The number of aliphatic hydroxyl groups excluding tert-OH is 1. The summed E-state index contributed by atoms with van der Waals surface area (Å²) in [5, 5.41) is 9.07. The minimum absolute atomic E-state index is 0.249. The molecule has 0 spiro atoms. The highest BCUT2D eigenvalue weighted by Crippen LogP contribution is 2.27.